The van der Waals surface area contributed by atoms with Gasteiger partial charge < -0.3 is 9.47 Å². The lowest BCUT2D eigenvalue weighted by atomic mass is 10.0. The molecular weight excluding hydrogens is 640 g/mol. The molecule has 7 nitrogen and oxygen atoms in total. The second-order valence-corrected chi connectivity index (χ2v) is 12.0. The molecule has 4 aromatic carbocycles. The summed E-state index contributed by atoms with van der Waals surface area (Å²) in [6.07, 6.45) is 0. The second kappa shape index (κ2) is 11.1. The number of hydrogen-bond donors (Lipinski definition) is 1. The molecule has 43 heavy (non-hydrogen) atoms. The molecule has 17 heteroatoms. The standard InChI is InChI=1S/C26H14F8O7S2/c1-10-3-5-11(6-4-10)42(35,36)12-7-8-13(14(9-12)43(37,38)39)41-26-23(33)19(29)16(20(30)24(26)34)15-17(27)21(31)25(40-2)22(32)18(15)28/h3-9H,1-2H3,(H,37,38,39). The molecule has 0 fully saturated rings. The van der Waals surface area contributed by atoms with Gasteiger partial charge in [-0.3, -0.25) is 4.55 Å². The molecule has 0 atom stereocenters. The first-order chi connectivity index (χ1) is 19.9. The highest BCUT2D eigenvalue weighted by Crippen LogP contribution is 2.43. The Morgan fingerprint density at radius 3 is 1.44 bits per heavy atom. The zero-order valence-electron chi connectivity index (χ0n) is 21.3. The molecule has 0 unspecified atom stereocenters. The number of rotatable bonds is 7. The molecule has 4 rings (SSSR count). The van der Waals surface area contributed by atoms with Crippen LogP contribution >= 0.6 is 0 Å². The summed E-state index contributed by atoms with van der Waals surface area (Å²) in [7, 11) is -9.33. The van der Waals surface area contributed by atoms with Gasteiger partial charge in [0.05, 0.1) is 28.0 Å². The topological polar surface area (TPSA) is 107 Å². The van der Waals surface area contributed by atoms with Crippen LogP contribution in [0.3, 0.4) is 0 Å². The van der Waals surface area contributed by atoms with Crippen molar-refractivity contribution in [3.63, 3.8) is 0 Å². The summed E-state index contributed by atoms with van der Waals surface area (Å²) in [6, 6.07) is 6.64. The number of halogens is 8. The Morgan fingerprint density at radius 2 is 1.02 bits per heavy atom. The van der Waals surface area contributed by atoms with Gasteiger partial charge >= 0.3 is 0 Å². The summed E-state index contributed by atoms with van der Waals surface area (Å²) in [5.74, 6) is -25.0. The Hall–Kier alpha value is -4.22. The molecule has 0 aliphatic carbocycles. The van der Waals surface area contributed by atoms with Crippen molar-refractivity contribution in [3.05, 3.63) is 94.6 Å². The van der Waals surface area contributed by atoms with Crippen molar-refractivity contribution in [2.75, 3.05) is 7.11 Å². The highest BCUT2D eigenvalue weighted by Gasteiger charge is 2.36. The normalized spacial score (nSPS) is 12.0. The Balaban J connectivity index is 1.89. The van der Waals surface area contributed by atoms with Crippen LogP contribution in [0.25, 0.3) is 11.1 Å². The van der Waals surface area contributed by atoms with E-state index in [-0.39, 0.29) is 4.90 Å². The van der Waals surface area contributed by atoms with Crippen molar-refractivity contribution in [1.29, 1.82) is 0 Å². The molecule has 228 valence electrons. The maximum atomic E-state index is 15.0. The number of methoxy groups -OCH3 is 1. The van der Waals surface area contributed by atoms with Gasteiger partial charge in [0.2, 0.25) is 38.9 Å². The molecule has 0 bridgehead atoms. The second-order valence-electron chi connectivity index (χ2n) is 8.63. The first kappa shape index (κ1) is 31.7. The maximum absolute atomic E-state index is 15.0. The predicted octanol–water partition coefficient (Wildman–Crippen LogP) is 6.66. The molecule has 4 aromatic rings. The van der Waals surface area contributed by atoms with E-state index in [9.17, 15) is 56.5 Å². The fraction of sp³-hybridized carbons (Fsp3) is 0.0769. The fourth-order valence-corrected chi connectivity index (χ4v) is 5.84. The Labute approximate surface area is 237 Å². The third-order valence-corrected chi connectivity index (χ3v) is 8.59. The van der Waals surface area contributed by atoms with Crippen molar-refractivity contribution in [3.8, 4) is 28.4 Å². The lowest BCUT2D eigenvalue weighted by molar-refractivity contribution is 0.332. The van der Waals surface area contributed by atoms with Gasteiger partial charge in [0.15, 0.2) is 29.0 Å². The molecule has 0 saturated carbocycles. The number of aryl methyl sites for hydroxylation is 1. The SMILES string of the molecule is COc1c(F)c(F)c(-c2c(F)c(F)c(Oc3ccc(S(=O)(=O)c4ccc(C)cc4)cc3S(=O)(=O)O)c(F)c2F)c(F)c1F. The Bertz CT molecular complexity index is 1960. The average Bonchev–Trinajstić information content (AvgIpc) is 2.95. The van der Waals surface area contributed by atoms with Gasteiger partial charge in [0.1, 0.15) is 10.6 Å². The monoisotopic (exact) mass is 654 g/mol. The van der Waals surface area contributed by atoms with Crippen LogP contribution in [0.15, 0.2) is 57.2 Å². The molecule has 0 saturated heterocycles. The molecule has 0 heterocycles. The van der Waals surface area contributed by atoms with Gasteiger partial charge in [-0.15, -0.1) is 0 Å². The van der Waals surface area contributed by atoms with Crippen LogP contribution in [0.2, 0.25) is 0 Å². The van der Waals surface area contributed by atoms with Crippen molar-refractivity contribution in [2.24, 2.45) is 0 Å². The van der Waals surface area contributed by atoms with Gasteiger partial charge in [-0.2, -0.15) is 26.0 Å². The van der Waals surface area contributed by atoms with Gasteiger partial charge in [-0.05, 0) is 37.3 Å². The highest BCUT2D eigenvalue weighted by atomic mass is 32.2. The lowest BCUT2D eigenvalue weighted by Gasteiger charge is -2.16. The minimum Gasteiger partial charge on any atom is -0.491 e. The van der Waals surface area contributed by atoms with E-state index in [1.54, 1.807) is 6.92 Å². The van der Waals surface area contributed by atoms with E-state index in [0.29, 0.717) is 30.9 Å². The first-order valence-corrected chi connectivity index (χ1v) is 14.2. The van der Waals surface area contributed by atoms with E-state index in [1.807, 2.05) is 0 Å². The Morgan fingerprint density at radius 1 is 0.605 bits per heavy atom. The van der Waals surface area contributed by atoms with E-state index >= 15 is 0 Å². The first-order valence-electron chi connectivity index (χ1n) is 11.3. The smallest absolute Gasteiger partial charge is 0.298 e. The van der Waals surface area contributed by atoms with E-state index in [1.165, 1.54) is 24.3 Å². The molecule has 0 amide bonds. The van der Waals surface area contributed by atoms with Gasteiger partial charge in [0.25, 0.3) is 10.1 Å². The van der Waals surface area contributed by atoms with Crippen LogP contribution < -0.4 is 9.47 Å². The zero-order chi connectivity index (χ0) is 32.2. The largest absolute Gasteiger partial charge is 0.491 e. The van der Waals surface area contributed by atoms with E-state index in [4.69, 9.17) is 0 Å². The van der Waals surface area contributed by atoms with E-state index in [2.05, 4.69) is 9.47 Å². The van der Waals surface area contributed by atoms with Crippen molar-refractivity contribution < 1.29 is 66.0 Å². The van der Waals surface area contributed by atoms with Gasteiger partial charge in [0, 0.05) is 0 Å². The zero-order valence-corrected chi connectivity index (χ0v) is 22.9. The third kappa shape index (κ3) is 5.38. The maximum Gasteiger partial charge on any atom is 0.298 e. The Kier molecular flexibility index (Phi) is 8.20. The van der Waals surface area contributed by atoms with Crippen LogP contribution in [-0.4, -0.2) is 28.5 Å². The summed E-state index contributed by atoms with van der Waals surface area (Å²) in [5.41, 5.74) is -3.77. The molecular formula is C26H14F8O7S2. The summed E-state index contributed by atoms with van der Waals surface area (Å²) >= 11 is 0. The summed E-state index contributed by atoms with van der Waals surface area (Å²) in [5, 5.41) is 0. The number of sulfone groups is 1. The van der Waals surface area contributed by atoms with Crippen LogP contribution in [0.1, 0.15) is 5.56 Å². The minimum atomic E-state index is -5.47. The quantitative estimate of drug-likeness (QED) is 0.135. The van der Waals surface area contributed by atoms with E-state index in [0.717, 1.165) is 0 Å². The lowest BCUT2D eigenvalue weighted by Crippen LogP contribution is -2.10. The molecule has 1 N–H and O–H groups in total. The highest BCUT2D eigenvalue weighted by molar-refractivity contribution is 7.91. The molecule has 0 aliphatic heterocycles. The van der Waals surface area contributed by atoms with Crippen LogP contribution in [-0.2, 0) is 20.0 Å². The molecule has 0 aromatic heterocycles. The van der Waals surface area contributed by atoms with Gasteiger partial charge in [-0.1, -0.05) is 17.7 Å². The van der Waals surface area contributed by atoms with Gasteiger partial charge in [-0.25, -0.2) is 26.0 Å². The summed E-state index contributed by atoms with van der Waals surface area (Å²) in [6.45, 7) is 1.65. The number of ether oxygens (including phenoxy) is 2. The molecule has 0 spiro atoms. The van der Waals surface area contributed by atoms with Crippen molar-refractivity contribution in [2.45, 2.75) is 21.6 Å². The van der Waals surface area contributed by atoms with Crippen LogP contribution in [0.4, 0.5) is 35.1 Å². The van der Waals surface area contributed by atoms with Crippen molar-refractivity contribution >= 4 is 20.0 Å². The van der Waals surface area contributed by atoms with Crippen LogP contribution in [0.5, 0.6) is 17.2 Å². The minimum absolute atomic E-state index is 0.323. The van der Waals surface area contributed by atoms with E-state index < -0.39 is 105 Å². The fourth-order valence-electron chi connectivity index (χ4n) is 3.84. The average molecular weight is 655 g/mol. The summed E-state index contributed by atoms with van der Waals surface area (Å²) in [4.78, 5) is -2.52. The van der Waals surface area contributed by atoms with Crippen molar-refractivity contribution in [1.82, 2.24) is 0 Å². The third-order valence-electron chi connectivity index (χ3n) is 5.95. The van der Waals surface area contributed by atoms with Crippen LogP contribution in [0, 0.1) is 53.5 Å². The summed E-state index contributed by atoms with van der Waals surface area (Å²) < 4.78 is 185. The predicted molar refractivity (Wildman–Crippen MR) is 131 cm³/mol. The number of hydrogen-bond acceptors (Lipinski definition) is 6. The molecule has 0 radical (unpaired) electrons. The molecule has 0 aliphatic rings. The number of benzene rings is 4.